The number of carbonyl (C=O) groups is 6. The molecule has 14 nitrogen and oxygen atoms in total. The zero-order chi connectivity index (χ0) is 50.2. The molecule has 1 aliphatic heterocycles. The van der Waals surface area contributed by atoms with Crippen molar-refractivity contribution in [2.45, 2.75) is 109 Å². The minimum Gasteiger partial charge on any atom is -0.497 e. The molecular formula is C56H58O14. The monoisotopic (exact) mass is 954 g/mol. The number of fused-ring (bicyclic) bond motifs is 5. The lowest BCUT2D eigenvalue weighted by Gasteiger charge is -2.68. The molecule has 0 radical (unpaired) electrons. The number of benzene rings is 4. The number of carbonyl (C=O) groups excluding carboxylic acids is 6. The summed E-state index contributed by atoms with van der Waals surface area (Å²) < 4.78 is 43.5. The first-order valence-corrected chi connectivity index (χ1v) is 23.3. The van der Waals surface area contributed by atoms with Gasteiger partial charge in [-0.3, -0.25) is 24.0 Å². The van der Waals surface area contributed by atoms with Gasteiger partial charge in [0.2, 0.25) is 0 Å². The highest BCUT2D eigenvalue weighted by atomic mass is 16.6. The number of methoxy groups -OCH3 is 1. The second kappa shape index (κ2) is 19.6. The Balaban J connectivity index is 1.26. The van der Waals surface area contributed by atoms with E-state index in [1.54, 1.807) is 100 Å². The van der Waals surface area contributed by atoms with Crippen LogP contribution in [0.1, 0.15) is 87.0 Å². The van der Waals surface area contributed by atoms with Gasteiger partial charge in [0.05, 0.1) is 38.3 Å². The number of Topliss-reactive ketones (excluding diaryl/α,β-unsaturated/α-hetero) is 1. The average Bonchev–Trinajstić information content (AvgIpc) is 3.33. The van der Waals surface area contributed by atoms with Gasteiger partial charge >= 0.3 is 23.9 Å². The molecule has 1 N–H and O–H groups in total. The maximum absolute atomic E-state index is 16.4. The SMILES string of the molecule is COc1ccc(CC(=O)O[C@H]2C(=O)[C@]3(C)[C@@H](OC(=O)/C=C/c4ccc(C(=O)c5ccccc5)cc4)C[C@H]4OC[C@@]4(OC(C)=O)[C@H]3[C@H](OCc3ccccc3)[C@]3(O)C[C@H](OC(C)=O)C(C)=C2C3(C)C)cc1. The Hall–Kier alpha value is -6.74. The number of ether oxygens (including phenoxy) is 7. The van der Waals surface area contributed by atoms with Crippen LogP contribution < -0.4 is 4.74 Å². The summed E-state index contributed by atoms with van der Waals surface area (Å²) in [7, 11) is 1.52. The summed E-state index contributed by atoms with van der Waals surface area (Å²) >= 11 is 0. The maximum Gasteiger partial charge on any atom is 0.331 e. The summed E-state index contributed by atoms with van der Waals surface area (Å²) in [6.45, 7) is 8.85. The van der Waals surface area contributed by atoms with Gasteiger partial charge in [0.25, 0.3) is 0 Å². The van der Waals surface area contributed by atoms with E-state index in [0.717, 1.165) is 0 Å². The Labute approximate surface area is 406 Å². The molecule has 4 aromatic carbocycles. The van der Waals surface area contributed by atoms with Crippen LogP contribution in [0.3, 0.4) is 0 Å². The van der Waals surface area contributed by atoms with Gasteiger partial charge in [0.15, 0.2) is 23.3 Å². The normalized spacial score (nSPS) is 28.7. The predicted molar refractivity (Wildman–Crippen MR) is 254 cm³/mol. The van der Waals surface area contributed by atoms with Crippen molar-refractivity contribution in [2.75, 3.05) is 13.7 Å². The van der Waals surface area contributed by atoms with Crippen molar-refractivity contribution in [1.82, 2.24) is 0 Å². The third-order valence-electron chi connectivity index (χ3n) is 14.8. The van der Waals surface area contributed by atoms with Crippen molar-refractivity contribution in [1.29, 1.82) is 0 Å². The standard InChI is InChI=1S/C56H58O14/c1-33-42(67-34(2)57)30-56(63)52(65-31-38-14-10-8-11-15-38)50-54(6,51(62)49(47(33)53(56,4)5)69-46(60)28-37-20-25-41(64-7)26-21-37)43(29-44-55(50,32-66-44)70-35(3)58)68-45(59)27-22-36-18-23-40(24-19-36)48(61)39-16-12-9-13-17-39/h8-27,42-44,49-50,52,63H,28-32H2,1-7H3/b27-22+/t42-,43-,44+,49+,50-,52-,54+,55-,56+/m0/s1. The topological polar surface area (TPSA) is 187 Å². The third kappa shape index (κ3) is 9.11. The lowest BCUT2D eigenvalue weighted by Crippen LogP contribution is -2.82. The molecule has 4 aliphatic rings. The molecular weight excluding hydrogens is 897 g/mol. The van der Waals surface area contributed by atoms with Crippen LogP contribution >= 0.6 is 0 Å². The van der Waals surface area contributed by atoms with Gasteiger partial charge in [-0.2, -0.15) is 0 Å². The van der Waals surface area contributed by atoms with E-state index in [-0.39, 0.29) is 43.8 Å². The van der Waals surface area contributed by atoms with Crippen molar-refractivity contribution < 1.29 is 67.0 Å². The molecule has 8 rings (SSSR count). The minimum atomic E-state index is -2.09. The Bertz CT molecular complexity index is 2710. The summed E-state index contributed by atoms with van der Waals surface area (Å²) in [5.41, 5.74) is -3.79. The van der Waals surface area contributed by atoms with Crippen LogP contribution in [0, 0.1) is 16.7 Å². The fourth-order valence-electron chi connectivity index (χ4n) is 11.2. The van der Waals surface area contributed by atoms with Crippen LogP contribution in [0.5, 0.6) is 5.75 Å². The summed E-state index contributed by atoms with van der Waals surface area (Å²) in [5.74, 6) is -4.67. The Morgan fingerprint density at radius 2 is 1.43 bits per heavy atom. The molecule has 9 atom stereocenters. The van der Waals surface area contributed by atoms with Crippen molar-refractivity contribution in [3.8, 4) is 5.75 Å². The van der Waals surface area contributed by atoms with Gasteiger partial charge < -0.3 is 38.3 Å². The fourth-order valence-corrected chi connectivity index (χ4v) is 11.2. The molecule has 1 saturated heterocycles. The van der Waals surface area contributed by atoms with Gasteiger partial charge in [-0.1, -0.05) is 111 Å². The number of hydrogen-bond donors (Lipinski definition) is 1. The Morgan fingerprint density at radius 3 is 2.03 bits per heavy atom. The molecule has 3 fully saturated rings. The first-order valence-electron chi connectivity index (χ1n) is 23.3. The van der Waals surface area contributed by atoms with E-state index >= 15 is 4.79 Å². The van der Waals surface area contributed by atoms with Crippen LogP contribution in [-0.4, -0.2) is 96.0 Å². The summed E-state index contributed by atoms with van der Waals surface area (Å²) in [5, 5.41) is 13.9. The van der Waals surface area contributed by atoms with Crippen molar-refractivity contribution in [2.24, 2.45) is 16.7 Å². The van der Waals surface area contributed by atoms with Crippen LogP contribution in [-0.2, 0) is 65.4 Å². The van der Waals surface area contributed by atoms with Gasteiger partial charge in [-0.15, -0.1) is 0 Å². The quantitative estimate of drug-likeness (QED) is 0.0436. The highest BCUT2D eigenvalue weighted by Gasteiger charge is 2.78. The molecule has 0 unspecified atom stereocenters. The zero-order valence-electron chi connectivity index (χ0n) is 40.3. The highest BCUT2D eigenvalue weighted by Crippen LogP contribution is 2.65. The van der Waals surface area contributed by atoms with E-state index in [1.807, 2.05) is 36.4 Å². The predicted octanol–water partition coefficient (Wildman–Crippen LogP) is 7.31. The fraction of sp³-hybridized carbons (Fsp3) is 0.393. The van der Waals surface area contributed by atoms with Gasteiger partial charge in [-0.25, -0.2) is 4.79 Å². The smallest absolute Gasteiger partial charge is 0.331 e. The number of esters is 4. The molecule has 366 valence electrons. The zero-order valence-corrected chi connectivity index (χ0v) is 40.3. The summed E-state index contributed by atoms with van der Waals surface area (Å²) in [6, 6.07) is 31.5. The molecule has 0 amide bonds. The van der Waals surface area contributed by atoms with E-state index in [4.69, 9.17) is 33.2 Å². The molecule has 70 heavy (non-hydrogen) atoms. The van der Waals surface area contributed by atoms with Crippen molar-refractivity contribution in [3.05, 3.63) is 154 Å². The number of aliphatic hydroxyl groups is 1. The largest absolute Gasteiger partial charge is 0.497 e. The first kappa shape index (κ1) is 49.7. The van der Waals surface area contributed by atoms with Crippen molar-refractivity contribution in [3.63, 3.8) is 0 Å². The van der Waals surface area contributed by atoms with Crippen LogP contribution in [0.25, 0.3) is 6.08 Å². The third-order valence-corrected chi connectivity index (χ3v) is 14.8. The second-order valence-electron chi connectivity index (χ2n) is 19.3. The van der Waals surface area contributed by atoms with E-state index in [2.05, 4.69) is 0 Å². The van der Waals surface area contributed by atoms with Gasteiger partial charge in [0.1, 0.15) is 29.7 Å². The van der Waals surface area contributed by atoms with Crippen LogP contribution in [0.4, 0.5) is 0 Å². The van der Waals surface area contributed by atoms with E-state index in [1.165, 1.54) is 33.1 Å². The Kier molecular flexibility index (Phi) is 13.9. The summed E-state index contributed by atoms with van der Waals surface area (Å²) in [4.78, 5) is 84.2. The van der Waals surface area contributed by atoms with Crippen LogP contribution in [0.15, 0.2) is 126 Å². The average molecular weight is 955 g/mol. The van der Waals surface area contributed by atoms with Crippen LogP contribution in [0.2, 0.25) is 0 Å². The molecule has 14 heteroatoms. The highest BCUT2D eigenvalue weighted by molar-refractivity contribution is 6.09. The number of hydrogen-bond acceptors (Lipinski definition) is 14. The molecule has 2 bridgehead atoms. The second-order valence-corrected chi connectivity index (χ2v) is 19.3. The van der Waals surface area contributed by atoms with E-state index in [9.17, 15) is 29.1 Å². The lowest BCUT2D eigenvalue weighted by atomic mass is 9.44. The van der Waals surface area contributed by atoms with Gasteiger partial charge in [0, 0.05) is 55.2 Å². The molecule has 0 spiro atoms. The minimum absolute atomic E-state index is 0.0915. The Morgan fingerprint density at radius 1 is 0.786 bits per heavy atom. The lowest BCUT2D eigenvalue weighted by molar-refractivity contribution is -0.352. The van der Waals surface area contributed by atoms with E-state index < -0.39 is 88.1 Å². The first-order chi connectivity index (χ1) is 33.3. The molecule has 1 heterocycles. The molecule has 4 aromatic rings. The van der Waals surface area contributed by atoms with Crippen molar-refractivity contribution >= 4 is 41.5 Å². The maximum atomic E-state index is 16.4. The van der Waals surface area contributed by atoms with Gasteiger partial charge in [-0.05, 0) is 59.9 Å². The molecule has 3 aliphatic carbocycles. The molecule has 0 aromatic heterocycles. The number of ketones is 2. The summed E-state index contributed by atoms with van der Waals surface area (Å²) in [6.07, 6.45) is -4.58. The number of rotatable bonds is 14. The molecule has 2 saturated carbocycles. The van der Waals surface area contributed by atoms with E-state index in [0.29, 0.717) is 39.1 Å².